The van der Waals surface area contributed by atoms with Gasteiger partial charge in [0.05, 0.1) is 5.02 Å². The van der Waals surface area contributed by atoms with Gasteiger partial charge in [0.2, 0.25) is 0 Å². The molecular formula is C15H14ClF2N. The first-order valence-corrected chi connectivity index (χ1v) is 6.33. The molecule has 0 aliphatic heterocycles. The normalized spacial score (nSPS) is 12.3. The minimum absolute atomic E-state index is 0.0535. The van der Waals surface area contributed by atoms with Gasteiger partial charge < -0.3 is 5.32 Å². The van der Waals surface area contributed by atoms with Crippen LogP contribution < -0.4 is 5.32 Å². The van der Waals surface area contributed by atoms with E-state index in [9.17, 15) is 8.78 Å². The molecule has 1 nitrogen and oxygen atoms in total. The molecule has 19 heavy (non-hydrogen) atoms. The van der Waals surface area contributed by atoms with Crippen LogP contribution in [0.2, 0.25) is 5.02 Å². The molecule has 2 rings (SSSR count). The average molecular weight is 282 g/mol. The second kappa shape index (κ2) is 5.57. The molecule has 100 valence electrons. The molecule has 0 saturated carbocycles. The van der Waals surface area contributed by atoms with Crippen LogP contribution in [0, 0.1) is 18.6 Å². The fraction of sp³-hybridized carbons (Fsp3) is 0.200. The first kappa shape index (κ1) is 13.8. The third-order valence-electron chi connectivity index (χ3n) is 3.00. The lowest BCUT2D eigenvalue weighted by molar-refractivity contribution is 0.625. The maximum Gasteiger partial charge on any atom is 0.141 e. The fourth-order valence-corrected chi connectivity index (χ4v) is 2.08. The Morgan fingerprint density at radius 2 is 1.84 bits per heavy atom. The monoisotopic (exact) mass is 281 g/mol. The third-order valence-corrected chi connectivity index (χ3v) is 3.29. The summed E-state index contributed by atoms with van der Waals surface area (Å²) in [6.45, 7) is 3.77. The summed E-state index contributed by atoms with van der Waals surface area (Å²) in [5.74, 6) is -0.698. The standard InChI is InChI=1S/C15H14ClF2N/c1-9-7-12(17)4-6-15(9)19-10(2)11-3-5-14(18)13(16)8-11/h3-8,10,19H,1-2H3. The van der Waals surface area contributed by atoms with E-state index in [0.717, 1.165) is 16.8 Å². The molecule has 4 heteroatoms. The van der Waals surface area contributed by atoms with Crippen LogP contribution in [0.4, 0.5) is 14.5 Å². The molecule has 0 radical (unpaired) electrons. The molecule has 0 aromatic heterocycles. The topological polar surface area (TPSA) is 12.0 Å². The van der Waals surface area contributed by atoms with Gasteiger partial charge in [-0.05, 0) is 55.3 Å². The number of nitrogens with one attached hydrogen (secondary N) is 1. The SMILES string of the molecule is Cc1cc(F)ccc1NC(C)c1ccc(F)c(Cl)c1. The molecule has 1 unspecified atom stereocenters. The van der Waals surface area contributed by atoms with Crippen molar-refractivity contribution in [1.82, 2.24) is 0 Å². The number of anilines is 1. The molecule has 0 saturated heterocycles. The van der Waals surface area contributed by atoms with Crippen LogP contribution in [0.25, 0.3) is 0 Å². The van der Waals surface area contributed by atoms with Gasteiger partial charge in [0.25, 0.3) is 0 Å². The van der Waals surface area contributed by atoms with Crippen molar-refractivity contribution in [2.45, 2.75) is 19.9 Å². The lowest BCUT2D eigenvalue weighted by Gasteiger charge is -2.18. The molecule has 0 fully saturated rings. The predicted octanol–water partition coefficient (Wildman–Crippen LogP) is 5.10. The molecule has 0 heterocycles. The Morgan fingerprint density at radius 3 is 2.47 bits per heavy atom. The van der Waals surface area contributed by atoms with Crippen molar-refractivity contribution >= 4 is 17.3 Å². The Kier molecular flexibility index (Phi) is 4.05. The van der Waals surface area contributed by atoms with E-state index in [4.69, 9.17) is 11.6 Å². The molecule has 1 atom stereocenters. The van der Waals surface area contributed by atoms with Gasteiger partial charge in [-0.3, -0.25) is 0 Å². The molecule has 0 aliphatic rings. The molecule has 0 aliphatic carbocycles. The van der Waals surface area contributed by atoms with Gasteiger partial charge in [-0.25, -0.2) is 8.78 Å². The highest BCUT2D eigenvalue weighted by Crippen LogP contribution is 2.25. The number of rotatable bonds is 3. The van der Waals surface area contributed by atoms with Crippen molar-refractivity contribution in [3.05, 3.63) is 64.2 Å². The maximum absolute atomic E-state index is 13.1. The zero-order valence-electron chi connectivity index (χ0n) is 10.7. The van der Waals surface area contributed by atoms with E-state index in [0.29, 0.717) is 0 Å². The van der Waals surface area contributed by atoms with Gasteiger partial charge in [0.15, 0.2) is 0 Å². The largest absolute Gasteiger partial charge is 0.378 e. The highest BCUT2D eigenvalue weighted by Gasteiger charge is 2.09. The van der Waals surface area contributed by atoms with Crippen LogP contribution in [0.15, 0.2) is 36.4 Å². The average Bonchev–Trinajstić information content (AvgIpc) is 2.36. The van der Waals surface area contributed by atoms with E-state index in [2.05, 4.69) is 5.32 Å². The summed E-state index contributed by atoms with van der Waals surface area (Å²) in [7, 11) is 0. The van der Waals surface area contributed by atoms with Crippen LogP contribution in [0.1, 0.15) is 24.1 Å². The zero-order chi connectivity index (χ0) is 14.0. The number of hydrogen-bond donors (Lipinski definition) is 1. The molecule has 0 bridgehead atoms. The quantitative estimate of drug-likeness (QED) is 0.825. The third kappa shape index (κ3) is 3.24. The van der Waals surface area contributed by atoms with E-state index in [1.54, 1.807) is 18.2 Å². The van der Waals surface area contributed by atoms with Crippen LogP contribution in [0.5, 0.6) is 0 Å². The second-order valence-electron chi connectivity index (χ2n) is 4.50. The molecule has 0 amide bonds. The molecular weight excluding hydrogens is 268 g/mol. The summed E-state index contributed by atoms with van der Waals surface area (Å²) in [4.78, 5) is 0. The lowest BCUT2D eigenvalue weighted by Crippen LogP contribution is -2.08. The summed E-state index contributed by atoms with van der Waals surface area (Å²) in [6, 6.07) is 9.11. The Balaban J connectivity index is 2.20. The van der Waals surface area contributed by atoms with Crippen LogP contribution >= 0.6 is 11.6 Å². The molecule has 2 aromatic rings. The van der Waals surface area contributed by atoms with Crippen molar-refractivity contribution in [2.75, 3.05) is 5.32 Å². The highest BCUT2D eigenvalue weighted by molar-refractivity contribution is 6.30. The van der Waals surface area contributed by atoms with E-state index in [1.165, 1.54) is 18.2 Å². The lowest BCUT2D eigenvalue weighted by atomic mass is 10.1. The highest BCUT2D eigenvalue weighted by atomic mass is 35.5. The Labute approximate surface area is 116 Å². The first-order chi connectivity index (χ1) is 8.97. The Bertz CT molecular complexity index is 599. The number of halogens is 3. The Morgan fingerprint density at radius 1 is 1.11 bits per heavy atom. The van der Waals surface area contributed by atoms with E-state index in [1.807, 2.05) is 13.8 Å². The minimum Gasteiger partial charge on any atom is -0.378 e. The summed E-state index contributed by atoms with van der Waals surface area (Å²) in [5.41, 5.74) is 2.53. The molecule has 0 spiro atoms. The van der Waals surface area contributed by atoms with Crippen molar-refractivity contribution in [1.29, 1.82) is 0 Å². The summed E-state index contributed by atoms with van der Waals surface area (Å²) < 4.78 is 26.1. The number of aryl methyl sites for hydroxylation is 1. The Hall–Kier alpha value is -1.61. The van der Waals surface area contributed by atoms with Crippen molar-refractivity contribution < 1.29 is 8.78 Å². The van der Waals surface area contributed by atoms with Crippen LogP contribution in [-0.4, -0.2) is 0 Å². The van der Waals surface area contributed by atoms with Gasteiger partial charge in [-0.1, -0.05) is 17.7 Å². The zero-order valence-corrected chi connectivity index (χ0v) is 11.4. The summed E-state index contributed by atoms with van der Waals surface area (Å²) in [5, 5.41) is 3.35. The second-order valence-corrected chi connectivity index (χ2v) is 4.91. The van der Waals surface area contributed by atoms with Gasteiger partial charge in [0, 0.05) is 11.7 Å². The van der Waals surface area contributed by atoms with Crippen molar-refractivity contribution in [3.63, 3.8) is 0 Å². The van der Waals surface area contributed by atoms with E-state index >= 15 is 0 Å². The maximum atomic E-state index is 13.1. The van der Waals surface area contributed by atoms with Gasteiger partial charge in [0.1, 0.15) is 11.6 Å². The fourth-order valence-electron chi connectivity index (χ4n) is 1.89. The van der Waals surface area contributed by atoms with Gasteiger partial charge >= 0.3 is 0 Å². The summed E-state index contributed by atoms with van der Waals surface area (Å²) >= 11 is 5.76. The van der Waals surface area contributed by atoms with Gasteiger partial charge in [-0.2, -0.15) is 0 Å². The van der Waals surface area contributed by atoms with Crippen molar-refractivity contribution in [3.8, 4) is 0 Å². The molecule has 2 aromatic carbocycles. The van der Waals surface area contributed by atoms with Crippen LogP contribution in [-0.2, 0) is 0 Å². The number of hydrogen-bond acceptors (Lipinski definition) is 1. The predicted molar refractivity (Wildman–Crippen MR) is 74.6 cm³/mol. The van der Waals surface area contributed by atoms with Crippen LogP contribution in [0.3, 0.4) is 0 Å². The first-order valence-electron chi connectivity index (χ1n) is 5.95. The van der Waals surface area contributed by atoms with E-state index in [-0.39, 0.29) is 16.9 Å². The number of benzene rings is 2. The summed E-state index contributed by atoms with van der Waals surface area (Å²) in [6.07, 6.45) is 0. The molecule has 1 N–H and O–H groups in total. The van der Waals surface area contributed by atoms with Crippen molar-refractivity contribution in [2.24, 2.45) is 0 Å². The smallest absolute Gasteiger partial charge is 0.141 e. The van der Waals surface area contributed by atoms with E-state index < -0.39 is 5.82 Å². The minimum atomic E-state index is -0.435. The van der Waals surface area contributed by atoms with Gasteiger partial charge in [-0.15, -0.1) is 0 Å².